The SMILES string of the molecule is COC(=O)C1=CC(C)(C)CC(CC(=O)OC(C)(C)C)C1=O. The summed E-state index contributed by atoms with van der Waals surface area (Å²) in [6.45, 7) is 9.17. The minimum atomic E-state index is -0.651. The first-order chi connectivity index (χ1) is 9.45. The summed E-state index contributed by atoms with van der Waals surface area (Å²) in [5.41, 5.74) is -0.905. The van der Waals surface area contributed by atoms with Crippen molar-refractivity contribution in [1.29, 1.82) is 0 Å². The van der Waals surface area contributed by atoms with Gasteiger partial charge < -0.3 is 9.47 Å². The lowest BCUT2D eigenvalue weighted by atomic mass is 9.72. The van der Waals surface area contributed by atoms with Gasteiger partial charge in [-0.05, 0) is 32.6 Å². The van der Waals surface area contributed by atoms with E-state index >= 15 is 0 Å². The fourth-order valence-corrected chi connectivity index (χ4v) is 2.49. The Morgan fingerprint density at radius 1 is 1.33 bits per heavy atom. The molecule has 0 fully saturated rings. The molecule has 21 heavy (non-hydrogen) atoms. The third-order valence-corrected chi connectivity index (χ3v) is 3.18. The van der Waals surface area contributed by atoms with Gasteiger partial charge >= 0.3 is 11.9 Å². The molecule has 0 aromatic rings. The first-order valence-corrected chi connectivity index (χ1v) is 7.02. The van der Waals surface area contributed by atoms with Crippen LogP contribution in [0.3, 0.4) is 0 Å². The van der Waals surface area contributed by atoms with Crippen molar-refractivity contribution in [3.8, 4) is 0 Å². The van der Waals surface area contributed by atoms with Gasteiger partial charge in [0.05, 0.1) is 19.1 Å². The van der Waals surface area contributed by atoms with Gasteiger partial charge in [-0.1, -0.05) is 19.9 Å². The molecule has 0 aromatic carbocycles. The van der Waals surface area contributed by atoms with E-state index in [1.54, 1.807) is 26.8 Å². The zero-order chi connectivity index (χ0) is 16.4. The molecule has 1 atom stereocenters. The van der Waals surface area contributed by atoms with Crippen molar-refractivity contribution in [1.82, 2.24) is 0 Å². The highest BCUT2D eigenvalue weighted by molar-refractivity contribution is 6.19. The van der Waals surface area contributed by atoms with Crippen LogP contribution < -0.4 is 0 Å². The molecule has 0 amide bonds. The van der Waals surface area contributed by atoms with Gasteiger partial charge in [0, 0.05) is 5.92 Å². The number of allylic oxidation sites excluding steroid dienone is 1. The number of hydrogen-bond donors (Lipinski definition) is 0. The van der Waals surface area contributed by atoms with Crippen LogP contribution in [0.5, 0.6) is 0 Å². The average Bonchev–Trinajstić information content (AvgIpc) is 2.29. The van der Waals surface area contributed by atoms with Crippen molar-refractivity contribution in [2.45, 2.75) is 53.1 Å². The molecular formula is C16H24O5. The van der Waals surface area contributed by atoms with Crippen molar-refractivity contribution < 1.29 is 23.9 Å². The lowest BCUT2D eigenvalue weighted by Gasteiger charge is -2.32. The fraction of sp³-hybridized carbons (Fsp3) is 0.688. The lowest BCUT2D eigenvalue weighted by molar-refractivity contribution is -0.157. The summed E-state index contributed by atoms with van der Waals surface area (Å²) >= 11 is 0. The van der Waals surface area contributed by atoms with E-state index < -0.39 is 23.5 Å². The molecule has 118 valence electrons. The molecule has 0 heterocycles. The summed E-state index contributed by atoms with van der Waals surface area (Å²) in [5.74, 6) is -1.97. The maximum atomic E-state index is 12.3. The summed E-state index contributed by atoms with van der Waals surface area (Å²) in [6.07, 6.45) is 2.12. The first kappa shape index (κ1) is 17.4. The van der Waals surface area contributed by atoms with Crippen molar-refractivity contribution >= 4 is 17.7 Å². The van der Waals surface area contributed by atoms with Crippen LogP contribution in [0.1, 0.15) is 47.5 Å². The average molecular weight is 296 g/mol. The Morgan fingerprint density at radius 2 is 1.90 bits per heavy atom. The molecule has 0 saturated heterocycles. The Kier molecular flexibility index (Phi) is 4.97. The number of ketones is 1. The largest absolute Gasteiger partial charge is 0.465 e. The van der Waals surface area contributed by atoms with Crippen molar-refractivity contribution in [3.05, 3.63) is 11.6 Å². The van der Waals surface area contributed by atoms with Gasteiger partial charge in [-0.15, -0.1) is 0 Å². The van der Waals surface area contributed by atoms with Gasteiger partial charge in [0.2, 0.25) is 0 Å². The molecule has 0 radical (unpaired) electrons. The second-order valence-electron chi connectivity index (χ2n) is 7.09. The van der Waals surface area contributed by atoms with Crippen LogP contribution in [0, 0.1) is 11.3 Å². The number of carbonyl (C=O) groups excluding carboxylic acids is 3. The van der Waals surface area contributed by atoms with E-state index in [2.05, 4.69) is 4.74 Å². The van der Waals surface area contributed by atoms with Crippen LogP contribution in [-0.4, -0.2) is 30.4 Å². The van der Waals surface area contributed by atoms with E-state index in [0.29, 0.717) is 6.42 Å². The third kappa shape index (κ3) is 4.99. The summed E-state index contributed by atoms with van der Waals surface area (Å²) < 4.78 is 9.90. The van der Waals surface area contributed by atoms with Gasteiger partial charge in [-0.2, -0.15) is 0 Å². The van der Waals surface area contributed by atoms with Gasteiger partial charge in [0.1, 0.15) is 5.60 Å². The van der Waals surface area contributed by atoms with Gasteiger partial charge in [-0.3, -0.25) is 9.59 Å². The zero-order valence-corrected chi connectivity index (χ0v) is 13.6. The van der Waals surface area contributed by atoms with Crippen molar-refractivity contribution in [2.75, 3.05) is 7.11 Å². The van der Waals surface area contributed by atoms with Gasteiger partial charge in [0.15, 0.2) is 5.78 Å². The van der Waals surface area contributed by atoms with E-state index in [0.717, 1.165) is 0 Å². The molecule has 5 heteroatoms. The fourth-order valence-electron chi connectivity index (χ4n) is 2.49. The summed E-state index contributed by atoms with van der Waals surface area (Å²) in [5, 5.41) is 0. The van der Waals surface area contributed by atoms with Crippen LogP contribution in [0.15, 0.2) is 11.6 Å². The Hall–Kier alpha value is -1.65. The number of methoxy groups -OCH3 is 1. The number of esters is 2. The van der Waals surface area contributed by atoms with Crippen molar-refractivity contribution in [3.63, 3.8) is 0 Å². The maximum absolute atomic E-state index is 12.3. The lowest BCUT2D eigenvalue weighted by Crippen LogP contribution is -2.35. The standard InChI is InChI=1S/C16H24O5/c1-15(2,3)21-12(17)7-10-8-16(4,5)9-11(13(10)18)14(19)20-6/h9-10H,7-8H2,1-6H3. The monoisotopic (exact) mass is 296 g/mol. The highest BCUT2D eigenvalue weighted by Gasteiger charge is 2.39. The minimum Gasteiger partial charge on any atom is -0.465 e. The Labute approximate surface area is 125 Å². The van der Waals surface area contributed by atoms with E-state index in [1.807, 2.05) is 13.8 Å². The number of carbonyl (C=O) groups is 3. The molecule has 0 aromatic heterocycles. The zero-order valence-electron chi connectivity index (χ0n) is 13.6. The van der Waals surface area contributed by atoms with E-state index in [4.69, 9.17) is 4.74 Å². The quantitative estimate of drug-likeness (QED) is 0.591. The number of hydrogen-bond acceptors (Lipinski definition) is 5. The van der Waals surface area contributed by atoms with Crippen LogP contribution in [0.2, 0.25) is 0 Å². The molecule has 5 nitrogen and oxygen atoms in total. The first-order valence-electron chi connectivity index (χ1n) is 7.02. The highest BCUT2D eigenvalue weighted by Crippen LogP contribution is 2.37. The van der Waals surface area contributed by atoms with Crippen molar-refractivity contribution in [2.24, 2.45) is 11.3 Å². The van der Waals surface area contributed by atoms with Crippen LogP contribution >= 0.6 is 0 Å². The normalized spacial score (nSPS) is 21.5. The second kappa shape index (κ2) is 6.00. The summed E-state index contributed by atoms with van der Waals surface area (Å²) in [4.78, 5) is 36.0. The Bertz CT molecular complexity index is 479. The third-order valence-electron chi connectivity index (χ3n) is 3.18. The molecule has 0 bridgehead atoms. The van der Waals surface area contributed by atoms with Crippen LogP contribution in [-0.2, 0) is 23.9 Å². The molecule has 1 unspecified atom stereocenters. The van der Waals surface area contributed by atoms with Crippen LogP contribution in [0.25, 0.3) is 0 Å². The Balaban J connectivity index is 2.90. The van der Waals surface area contributed by atoms with E-state index in [1.165, 1.54) is 7.11 Å². The molecule has 0 spiro atoms. The predicted molar refractivity (Wildman–Crippen MR) is 77.5 cm³/mol. The summed E-state index contributed by atoms with van der Waals surface area (Å²) in [6, 6.07) is 0. The van der Waals surface area contributed by atoms with E-state index in [9.17, 15) is 14.4 Å². The topological polar surface area (TPSA) is 69.7 Å². The predicted octanol–water partition coefficient (Wildman–Crippen LogP) is 2.43. The van der Waals surface area contributed by atoms with Gasteiger partial charge in [-0.25, -0.2) is 4.79 Å². The molecule has 0 aliphatic heterocycles. The smallest absolute Gasteiger partial charge is 0.341 e. The molecular weight excluding hydrogens is 272 g/mol. The highest BCUT2D eigenvalue weighted by atomic mass is 16.6. The second-order valence-corrected chi connectivity index (χ2v) is 7.09. The number of Topliss-reactive ketones (excluding diaryl/α,β-unsaturated/α-hetero) is 1. The molecule has 1 aliphatic carbocycles. The molecule has 0 N–H and O–H groups in total. The van der Waals surface area contributed by atoms with Gasteiger partial charge in [0.25, 0.3) is 0 Å². The molecule has 0 saturated carbocycles. The Morgan fingerprint density at radius 3 is 2.38 bits per heavy atom. The number of rotatable bonds is 3. The van der Waals surface area contributed by atoms with Crippen LogP contribution in [0.4, 0.5) is 0 Å². The minimum absolute atomic E-state index is 0.0200. The van der Waals surface area contributed by atoms with E-state index in [-0.39, 0.29) is 23.2 Å². The number of ether oxygens (including phenoxy) is 2. The molecule has 1 aliphatic rings. The molecule has 1 rings (SSSR count). The maximum Gasteiger partial charge on any atom is 0.341 e. The summed E-state index contributed by atoms with van der Waals surface area (Å²) in [7, 11) is 1.24.